The summed E-state index contributed by atoms with van der Waals surface area (Å²) in [6.07, 6.45) is 2.66. The second kappa shape index (κ2) is 6.36. The number of benzene rings is 1. The molecule has 1 aliphatic heterocycles. The van der Waals surface area contributed by atoms with Crippen molar-refractivity contribution in [1.82, 2.24) is 4.90 Å². The van der Waals surface area contributed by atoms with E-state index in [9.17, 15) is 0 Å². The number of nitrogens with one attached hydrogen (secondary N) is 1. The van der Waals surface area contributed by atoms with Crippen molar-refractivity contribution in [1.29, 1.82) is 0 Å². The Morgan fingerprint density at radius 1 is 1.39 bits per heavy atom. The van der Waals surface area contributed by atoms with Crippen LogP contribution in [0.2, 0.25) is 5.02 Å². The molecular formula is C13H18ClN3S. The molecule has 1 aliphatic rings. The van der Waals surface area contributed by atoms with Gasteiger partial charge in [-0.3, -0.25) is 0 Å². The van der Waals surface area contributed by atoms with Crippen molar-refractivity contribution >= 4 is 34.5 Å². The maximum Gasteiger partial charge on any atom is 0.105 e. The molecule has 3 N–H and O–H groups in total. The molecule has 1 saturated heterocycles. The van der Waals surface area contributed by atoms with Crippen molar-refractivity contribution in [3.8, 4) is 0 Å². The highest BCUT2D eigenvalue weighted by atomic mass is 35.5. The Bertz CT molecular complexity index is 430. The summed E-state index contributed by atoms with van der Waals surface area (Å²) in [7, 11) is 0. The average Bonchev–Trinajstić information content (AvgIpc) is 2.81. The summed E-state index contributed by atoms with van der Waals surface area (Å²) >= 11 is 11.0. The van der Waals surface area contributed by atoms with Gasteiger partial charge in [0, 0.05) is 24.3 Å². The molecule has 3 nitrogen and oxygen atoms in total. The van der Waals surface area contributed by atoms with Gasteiger partial charge in [-0.05, 0) is 44.1 Å². The number of nitrogens with two attached hydrogens (primary N) is 1. The van der Waals surface area contributed by atoms with Crippen molar-refractivity contribution < 1.29 is 0 Å². The summed E-state index contributed by atoms with van der Waals surface area (Å²) in [4.78, 5) is 2.81. The van der Waals surface area contributed by atoms with Crippen LogP contribution in [-0.2, 0) is 0 Å². The van der Waals surface area contributed by atoms with Crippen molar-refractivity contribution in [2.75, 3.05) is 31.5 Å². The molecular weight excluding hydrogens is 266 g/mol. The molecule has 0 spiro atoms. The number of anilines is 1. The lowest BCUT2D eigenvalue weighted by molar-refractivity contribution is 0.352. The molecule has 0 saturated carbocycles. The molecule has 18 heavy (non-hydrogen) atoms. The van der Waals surface area contributed by atoms with Crippen LogP contribution in [-0.4, -0.2) is 36.1 Å². The first-order chi connectivity index (χ1) is 8.66. The SMILES string of the molecule is NC(=S)c1ccc(NCCN2CCCC2)cc1Cl. The highest BCUT2D eigenvalue weighted by molar-refractivity contribution is 7.80. The fourth-order valence-corrected chi connectivity index (χ4v) is 2.71. The first-order valence-electron chi connectivity index (χ1n) is 6.22. The maximum absolute atomic E-state index is 6.11. The predicted molar refractivity (Wildman–Crippen MR) is 81.5 cm³/mol. The van der Waals surface area contributed by atoms with Gasteiger partial charge in [-0.2, -0.15) is 0 Å². The summed E-state index contributed by atoms with van der Waals surface area (Å²) in [6.45, 7) is 4.46. The molecule has 0 radical (unpaired) electrons. The molecule has 98 valence electrons. The van der Waals surface area contributed by atoms with Gasteiger partial charge in [0.1, 0.15) is 4.99 Å². The maximum atomic E-state index is 6.11. The summed E-state index contributed by atoms with van der Waals surface area (Å²) in [5.74, 6) is 0. The first-order valence-corrected chi connectivity index (χ1v) is 7.01. The van der Waals surface area contributed by atoms with E-state index in [2.05, 4.69) is 10.2 Å². The topological polar surface area (TPSA) is 41.3 Å². The van der Waals surface area contributed by atoms with Gasteiger partial charge in [0.15, 0.2) is 0 Å². The number of thiocarbonyl (C=S) groups is 1. The molecule has 1 heterocycles. The zero-order valence-electron chi connectivity index (χ0n) is 10.3. The second-order valence-electron chi connectivity index (χ2n) is 4.53. The van der Waals surface area contributed by atoms with Gasteiger partial charge in [-0.25, -0.2) is 0 Å². The summed E-state index contributed by atoms with van der Waals surface area (Å²) in [5, 5.41) is 3.97. The Kier molecular flexibility index (Phi) is 4.80. The highest BCUT2D eigenvalue weighted by Crippen LogP contribution is 2.20. The standard InChI is InChI=1S/C13H18ClN3S/c14-12-9-10(3-4-11(12)13(15)18)16-5-8-17-6-1-2-7-17/h3-4,9,16H,1-2,5-8H2,(H2,15,18). The zero-order chi connectivity index (χ0) is 13.0. The molecule has 0 atom stereocenters. The minimum atomic E-state index is 0.337. The Morgan fingerprint density at radius 2 is 2.11 bits per heavy atom. The third-order valence-corrected chi connectivity index (χ3v) is 3.72. The highest BCUT2D eigenvalue weighted by Gasteiger charge is 2.10. The van der Waals surface area contributed by atoms with Crippen LogP contribution in [0, 0.1) is 0 Å². The molecule has 2 rings (SSSR count). The smallest absolute Gasteiger partial charge is 0.105 e. The Hall–Kier alpha value is -0.840. The Morgan fingerprint density at radius 3 is 2.72 bits per heavy atom. The van der Waals surface area contributed by atoms with Crippen LogP contribution < -0.4 is 11.1 Å². The third kappa shape index (κ3) is 3.57. The Labute approximate surface area is 118 Å². The third-order valence-electron chi connectivity index (χ3n) is 3.19. The molecule has 0 aromatic heterocycles. The van der Waals surface area contributed by atoms with Crippen LogP contribution in [0.3, 0.4) is 0 Å². The van der Waals surface area contributed by atoms with E-state index in [1.54, 1.807) is 0 Å². The number of hydrogen-bond acceptors (Lipinski definition) is 3. The quantitative estimate of drug-likeness (QED) is 0.815. The van der Waals surface area contributed by atoms with Crippen LogP contribution in [0.4, 0.5) is 5.69 Å². The summed E-state index contributed by atoms with van der Waals surface area (Å²) < 4.78 is 0. The monoisotopic (exact) mass is 283 g/mol. The molecule has 0 aliphatic carbocycles. The van der Waals surface area contributed by atoms with Crippen LogP contribution in [0.5, 0.6) is 0 Å². The summed E-state index contributed by atoms with van der Waals surface area (Å²) in [5.41, 5.74) is 7.31. The van der Waals surface area contributed by atoms with Gasteiger partial charge in [0.05, 0.1) is 5.02 Å². The van der Waals surface area contributed by atoms with Crippen LogP contribution in [0.1, 0.15) is 18.4 Å². The van der Waals surface area contributed by atoms with Gasteiger partial charge < -0.3 is 16.0 Å². The van der Waals surface area contributed by atoms with E-state index < -0.39 is 0 Å². The van der Waals surface area contributed by atoms with Crippen molar-refractivity contribution in [2.24, 2.45) is 5.73 Å². The lowest BCUT2D eigenvalue weighted by Crippen LogP contribution is -2.25. The predicted octanol–water partition coefficient (Wildman–Crippen LogP) is 2.48. The van der Waals surface area contributed by atoms with Gasteiger partial charge in [0.2, 0.25) is 0 Å². The lowest BCUT2D eigenvalue weighted by atomic mass is 10.2. The van der Waals surface area contributed by atoms with Gasteiger partial charge in [-0.15, -0.1) is 0 Å². The van der Waals surface area contributed by atoms with E-state index in [0.717, 1.165) is 24.3 Å². The van der Waals surface area contributed by atoms with Crippen LogP contribution >= 0.6 is 23.8 Å². The van der Waals surface area contributed by atoms with E-state index in [-0.39, 0.29) is 0 Å². The number of likely N-dealkylation sites (tertiary alicyclic amines) is 1. The summed E-state index contributed by atoms with van der Waals surface area (Å²) in [6, 6.07) is 5.70. The van der Waals surface area contributed by atoms with E-state index in [1.165, 1.54) is 25.9 Å². The van der Waals surface area contributed by atoms with E-state index in [1.807, 2.05) is 18.2 Å². The van der Waals surface area contributed by atoms with E-state index in [0.29, 0.717) is 10.0 Å². The normalized spacial score (nSPS) is 15.8. The van der Waals surface area contributed by atoms with E-state index in [4.69, 9.17) is 29.6 Å². The molecule has 0 unspecified atom stereocenters. The zero-order valence-corrected chi connectivity index (χ0v) is 11.9. The Balaban J connectivity index is 1.85. The van der Waals surface area contributed by atoms with Crippen LogP contribution in [0.15, 0.2) is 18.2 Å². The molecule has 1 aromatic rings. The first kappa shape index (κ1) is 13.6. The number of hydrogen-bond donors (Lipinski definition) is 2. The largest absolute Gasteiger partial charge is 0.389 e. The second-order valence-corrected chi connectivity index (χ2v) is 5.38. The molecule has 0 amide bonds. The minimum absolute atomic E-state index is 0.337. The molecule has 1 fully saturated rings. The van der Waals surface area contributed by atoms with Gasteiger partial charge in [0.25, 0.3) is 0 Å². The van der Waals surface area contributed by atoms with Crippen LogP contribution in [0.25, 0.3) is 0 Å². The van der Waals surface area contributed by atoms with Gasteiger partial charge >= 0.3 is 0 Å². The molecule has 5 heteroatoms. The fraction of sp³-hybridized carbons (Fsp3) is 0.462. The fourth-order valence-electron chi connectivity index (χ4n) is 2.19. The molecule has 1 aromatic carbocycles. The van der Waals surface area contributed by atoms with Crippen molar-refractivity contribution in [3.63, 3.8) is 0 Å². The minimum Gasteiger partial charge on any atom is -0.389 e. The van der Waals surface area contributed by atoms with E-state index >= 15 is 0 Å². The molecule has 0 bridgehead atoms. The van der Waals surface area contributed by atoms with Crippen molar-refractivity contribution in [2.45, 2.75) is 12.8 Å². The van der Waals surface area contributed by atoms with Gasteiger partial charge in [-0.1, -0.05) is 23.8 Å². The number of halogens is 1. The number of rotatable bonds is 5. The average molecular weight is 284 g/mol. The van der Waals surface area contributed by atoms with Crippen molar-refractivity contribution in [3.05, 3.63) is 28.8 Å². The number of nitrogens with zero attached hydrogens (tertiary/aromatic N) is 1. The lowest BCUT2D eigenvalue weighted by Gasteiger charge is -2.15.